The SMILES string of the molecule is NC(=O)C1(C(=O)N(C(c2ccccc2)C2(O)CCC2)C(c2ccccc2)C2(O)CCC2)CCC1. The van der Waals surface area contributed by atoms with E-state index >= 15 is 0 Å². The van der Waals surface area contributed by atoms with Crippen LogP contribution in [0.5, 0.6) is 0 Å². The van der Waals surface area contributed by atoms with Crippen LogP contribution in [0.25, 0.3) is 0 Å². The van der Waals surface area contributed by atoms with Gasteiger partial charge in [-0.2, -0.15) is 0 Å². The summed E-state index contributed by atoms with van der Waals surface area (Å²) >= 11 is 0. The number of hydrogen-bond acceptors (Lipinski definition) is 4. The molecule has 3 saturated carbocycles. The van der Waals surface area contributed by atoms with Crippen LogP contribution in [0.2, 0.25) is 0 Å². The van der Waals surface area contributed by atoms with Gasteiger partial charge < -0.3 is 20.8 Å². The van der Waals surface area contributed by atoms with E-state index in [-0.39, 0.29) is 5.91 Å². The van der Waals surface area contributed by atoms with Crippen molar-refractivity contribution in [2.24, 2.45) is 11.1 Å². The smallest absolute Gasteiger partial charge is 0.239 e. The second-order valence-electron chi connectivity index (χ2n) is 10.6. The van der Waals surface area contributed by atoms with Gasteiger partial charge in [-0.05, 0) is 62.5 Å². The fourth-order valence-electron chi connectivity index (χ4n) is 6.08. The molecule has 6 nitrogen and oxygen atoms in total. The number of primary amides is 1. The normalized spacial score (nSPS) is 23.4. The second-order valence-corrected chi connectivity index (χ2v) is 10.6. The Morgan fingerprint density at radius 1 is 0.706 bits per heavy atom. The summed E-state index contributed by atoms with van der Waals surface area (Å²) in [5.74, 6) is -0.983. The first kappa shape index (κ1) is 23.1. The van der Waals surface area contributed by atoms with Crippen LogP contribution in [-0.4, -0.2) is 38.1 Å². The molecule has 34 heavy (non-hydrogen) atoms. The van der Waals surface area contributed by atoms with Crippen LogP contribution >= 0.6 is 0 Å². The maximum atomic E-state index is 14.5. The van der Waals surface area contributed by atoms with Crippen molar-refractivity contribution in [3.8, 4) is 0 Å². The van der Waals surface area contributed by atoms with Crippen LogP contribution in [0.3, 0.4) is 0 Å². The Bertz CT molecular complexity index is 979. The molecule has 2 unspecified atom stereocenters. The molecule has 3 fully saturated rings. The third kappa shape index (κ3) is 3.55. The van der Waals surface area contributed by atoms with Crippen molar-refractivity contribution in [1.82, 2.24) is 4.90 Å². The Hall–Kier alpha value is -2.70. The fraction of sp³-hybridized carbons (Fsp3) is 0.500. The zero-order valence-corrected chi connectivity index (χ0v) is 19.5. The quantitative estimate of drug-likeness (QED) is 0.519. The maximum Gasteiger partial charge on any atom is 0.239 e. The van der Waals surface area contributed by atoms with E-state index in [9.17, 15) is 19.8 Å². The minimum Gasteiger partial charge on any atom is -0.387 e. The standard InChI is InChI=1S/C28H34N2O4/c29-24(31)26(14-7-15-26)25(32)30(22(27(33)16-8-17-27)20-10-3-1-4-11-20)23(28(34)18-9-19-28)21-12-5-2-6-13-21/h1-6,10-13,22-23,33-34H,7-9,14-19H2,(H2,29,31). The highest BCUT2D eigenvalue weighted by atomic mass is 16.3. The lowest BCUT2D eigenvalue weighted by atomic mass is 9.63. The number of rotatable bonds is 8. The number of nitrogens with zero attached hydrogens (tertiary/aromatic N) is 1. The molecule has 3 aliphatic rings. The molecule has 0 aromatic heterocycles. The summed E-state index contributed by atoms with van der Waals surface area (Å²) in [6, 6.07) is 17.7. The van der Waals surface area contributed by atoms with E-state index in [2.05, 4.69) is 0 Å². The maximum absolute atomic E-state index is 14.5. The summed E-state index contributed by atoms with van der Waals surface area (Å²) in [6.07, 6.45) is 5.50. The van der Waals surface area contributed by atoms with Gasteiger partial charge in [-0.3, -0.25) is 9.59 Å². The van der Waals surface area contributed by atoms with E-state index in [0.717, 1.165) is 30.4 Å². The van der Waals surface area contributed by atoms with Crippen molar-refractivity contribution in [3.63, 3.8) is 0 Å². The van der Waals surface area contributed by atoms with E-state index in [1.807, 2.05) is 60.7 Å². The van der Waals surface area contributed by atoms with Crippen LogP contribution in [0.4, 0.5) is 0 Å². The first-order chi connectivity index (χ1) is 16.3. The largest absolute Gasteiger partial charge is 0.387 e. The third-order valence-electron chi connectivity index (χ3n) is 8.57. The van der Waals surface area contributed by atoms with Crippen LogP contribution < -0.4 is 5.73 Å². The average Bonchev–Trinajstić information content (AvgIpc) is 2.76. The summed E-state index contributed by atoms with van der Waals surface area (Å²) in [7, 11) is 0. The van der Waals surface area contributed by atoms with Gasteiger partial charge in [0.1, 0.15) is 5.41 Å². The Labute approximate surface area is 200 Å². The zero-order chi connectivity index (χ0) is 24.0. The molecule has 2 atom stereocenters. The summed E-state index contributed by atoms with van der Waals surface area (Å²) < 4.78 is 0. The van der Waals surface area contributed by atoms with Crippen LogP contribution in [0.15, 0.2) is 60.7 Å². The second kappa shape index (κ2) is 8.51. The van der Waals surface area contributed by atoms with E-state index in [0.29, 0.717) is 38.5 Å². The molecule has 0 spiro atoms. The molecule has 0 saturated heterocycles. The summed E-state index contributed by atoms with van der Waals surface area (Å²) in [4.78, 5) is 28.9. The molecule has 2 amide bonds. The molecule has 0 heterocycles. The van der Waals surface area contributed by atoms with Crippen LogP contribution in [0.1, 0.15) is 81.0 Å². The van der Waals surface area contributed by atoms with Gasteiger partial charge in [0.05, 0.1) is 23.3 Å². The molecular formula is C28H34N2O4. The number of amides is 2. The molecule has 0 bridgehead atoms. The Balaban J connectivity index is 1.72. The van der Waals surface area contributed by atoms with Crippen molar-refractivity contribution in [2.75, 3.05) is 0 Å². The van der Waals surface area contributed by atoms with E-state index in [1.54, 1.807) is 4.90 Å². The van der Waals surface area contributed by atoms with Crippen molar-refractivity contribution in [3.05, 3.63) is 71.8 Å². The van der Waals surface area contributed by atoms with Crippen molar-refractivity contribution in [2.45, 2.75) is 81.1 Å². The van der Waals surface area contributed by atoms with Crippen molar-refractivity contribution >= 4 is 11.8 Å². The lowest BCUT2D eigenvalue weighted by molar-refractivity contribution is -0.192. The van der Waals surface area contributed by atoms with Gasteiger partial charge in [0.2, 0.25) is 11.8 Å². The predicted octanol–water partition coefficient (Wildman–Crippen LogP) is 3.78. The van der Waals surface area contributed by atoms with Crippen LogP contribution in [0, 0.1) is 5.41 Å². The predicted molar refractivity (Wildman–Crippen MR) is 128 cm³/mol. The van der Waals surface area contributed by atoms with Crippen molar-refractivity contribution < 1.29 is 19.8 Å². The summed E-state index contributed by atoms with van der Waals surface area (Å²) in [6.45, 7) is 0. The summed E-state index contributed by atoms with van der Waals surface area (Å²) in [5.41, 5.74) is 3.91. The summed E-state index contributed by atoms with van der Waals surface area (Å²) in [5, 5.41) is 23.6. The lowest BCUT2D eigenvalue weighted by Gasteiger charge is -2.57. The Morgan fingerprint density at radius 2 is 1.09 bits per heavy atom. The van der Waals surface area contributed by atoms with Gasteiger partial charge in [0.25, 0.3) is 0 Å². The molecule has 5 rings (SSSR count). The first-order valence-electron chi connectivity index (χ1n) is 12.5. The molecule has 2 aromatic rings. The van der Waals surface area contributed by atoms with Gasteiger partial charge >= 0.3 is 0 Å². The number of carbonyl (C=O) groups excluding carboxylic acids is 2. The Kier molecular flexibility index (Phi) is 5.77. The minimum absolute atomic E-state index is 0.366. The van der Waals surface area contributed by atoms with Gasteiger partial charge in [0, 0.05) is 0 Å². The number of aliphatic hydroxyl groups is 2. The number of nitrogens with two attached hydrogens (primary N) is 1. The van der Waals surface area contributed by atoms with E-state index in [1.165, 1.54) is 0 Å². The van der Waals surface area contributed by atoms with E-state index in [4.69, 9.17) is 5.73 Å². The third-order valence-corrected chi connectivity index (χ3v) is 8.57. The molecular weight excluding hydrogens is 428 g/mol. The highest BCUT2D eigenvalue weighted by molar-refractivity contribution is 6.05. The van der Waals surface area contributed by atoms with Crippen molar-refractivity contribution in [1.29, 1.82) is 0 Å². The lowest BCUT2D eigenvalue weighted by Crippen LogP contribution is -2.64. The highest BCUT2D eigenvalue weighted by Gasteiger charge is 2.60. The molecule has 2 aromatic carbocycles. The van der Waals surface area contributed by atoms with E-state index < -0.39 is 34.6 Å². The van der Waals surface area contributed by atoms with Gasteiger partial charge in [-0.1, -0.05) is 67.1 Å². The topological polar surface area (TPSA) is 104 Å². The first-order valence-corrected chi connectivity index (χ1v) is 12.5. The fourth-order valence-corrected chi connectivity index (χ4v) is 6.08. The van der Waals surface area contributed by atoms with Gasteiger partial charge in [0.15, 0.2) is 0 Å². The molecule has 6 heteroatoms. The average molecular weight is 463 g/mol. The number of benzene rings is 2. The van der Waals surface area contributed by atoms with Gasteiger partial charge in [-0.15, -0.1) is 0 Å². The zero-order valence-electron chi connectivity index (χ0n) is 19.5. The highest BCUT2D eigenvalue weighted by Crippen LogP contribution is 2.56. The van der Waals surface area contributed by atoms with Gasteiger partial charge in [-0.25, -0.2) is 0 Å². The molecule has 4 N–H and O–H groups in total. The molecule has 0 radical (unpaired) electrons. The number of carbonyl (C=O) groups is 2. The number of hydrogen-bond donors (Lipinski definition) is 3. The monoisotopic (exact) mass is 462 g/mol. The molecule has 180 valence electrons. The Morgan fingerprint density at radius 3 is 1.35 bits per heavy atom. The minimum atomic E-state index is -1.29. The van der Waals surface area contributed by atoms with Crippen LogP contribution in [-0.2, 0) is 9.59 Å². The molecule has 3 aliphatic carbocycles. The molecule has 0 aliphatic heterocycles.